The van der Waals surface area contributed by atoms with E-state index >= 15 is 0 Å². The molecule has 2 atom stereocenters. The van der Waals surface area contributed by atoms with E-state index in [0.717, 1.165) is 28.8 Å². The van der Waals surface area contributed by atoms with Gasteiger partial charge in [-0.2, -0.15) is 5.10 Å². The zero-order valence-electron chi connectivity index (χ0n) is 13.4. The predicted molar refractivity (Wildman–Crippen MR) is 84.9 cm³/mol. The molecule has 0 radical (unpaired) electrons. The fourth-order valence-corrected chi connectivity index (χ4v) is 3.33. The number of aryl methyl sites for hydroxylation is 2. The van der Waals surface area contributed by atoms with Crippen molar-refractivity contribution < 1.29 is 9.84 Å². The van der Waals surface area contributed by atoms with Crippen molar-refractivity contribution in [3.05, 3.63) is 15.9 Å². The summed E-state index contributed by atoms with van der Waals surface area (Å²) in [4.78, 5) is 0. The van der Waals surface area contributed by atoms with Crippen LogP contribution >= 0.6 is 15.9 Å². The van der Waals surface area contributed by atoms with Crippen LogP contribution in [0.2, 0.25) is 0 Å². The first kappa shape index (κ1) is 17.7. The third-order valence-corrected chi connectivity index (χ3v) is 4.47. The van der Waals surface area contributed by atoms with E-state index in [-0.39, 0.29) is 11.5 Å². The molecule has 1 heterocycles. The van der Waals surface area contributed by atoms with Crippen molar-refractivity contribution in [3.63, 3.8) is 0 Å². The van der Waals surface area contributed by atoms with Crippen LogP contribution in [0.25, 0.3) is 0 Å². The van der Waals surface area contributed by atoms with E-state index in [2.05, 4.69) is 55.6 Å². The first-order chi connectivity index (χ1) is 9.26. The normalized spacial score (nSPS) is 15.4. The molecule has 1 aromatic rings. The molecule has 20 heavy (non-hydrogen) atoms. The maximum absolute atomic E-state index is 10.5. The molecule has 0 saturated carbocycles. The highest BCUT2D eigenvalue weighted by Crippen LogP contribution is 2.29. The Hall–Kier alpha value is -0.390. The lowest BCUT2D eigenvalue weighted by molar-refractivity contribution is -0.0705. The van der Waals surface area contributed by atoms with Gasteiger partial charge in [-0.1, -0.05) is 27.7 Å². The highest BCUT2D eigenvalue weighted by Gasteiger charge is 2.32. The molecule has 0 aliphatic rings. The van der Waals surface area contributed by atoms with Gasteiger partial charge >= 0.3 is 0 Å². The Morgan fingerprint density at radius 3 is 2.35 bits per heavy atom. The van der Waals surface area contributed by atoms with Crippen molar-refractivity contribution in [1.29, 1.82) is 0 Å². The minimum atomic E-state index is -0.553. The molecular formula is C15H27BrN2O2. The van der Waals surface area contributed by atoms with Gasteiger partial charge in [0.1, 0.15) is 0 Å². The minimum Gasteiger partial charge on any atom is -0.390 e. The molecule has 0 amide bonds. The summed E-state index contributed by atoms with van der Waals surface area (Å²) >= 11 is 3.62. The summed E-state index contributed by atoms with van der Waals surface area (Å²) in [6.45, 7) is 11.2. The summed E-state index contributed by atoms with van der Waals surface area (Å²) in [5.74, 6) is 0. The van der Waals surface area contributed by atoms with E-state index in [1.807, 2.05) is 4.68 Å². The first-order valence-corrected chi connectivity index (χ1v) is 8.00. The van der Waals surface area contributed by atoms with E-state index in [0.29, 0.717) is 6.42 Å². The zero-order chi connectivity index (χ0) is 15.5. The lowest BCUT2D eigenvalue weighted by Gasteiger charge is -2.33. The molecule has 5 heteroatoms. The summed E-state index contributed by atoms with van der Waals surface area (Å²) in [5, 5.41) is 15.1. The maximum Gasteiger partial charge on any atom is 0.0882 e. The number of aromatic nitrogens is 2. The van der Waals surface area contributed by atoms with Crippen molar-refractivity contribution in [3.8, 4) is 0 Å². The smallest absolute Gasteiger partial charge is 0.0882 e. The monoisotopic (exact) mass is 346 g/mol. The molecule has 0 aromatic carbocycles. The molecule has 0 saturated heterocycles. The van der Waals surface area contributed by atoms with Crippen LogP contribution in [0.3, 0.4) is 0 Å². The number of methoxy groups -OCH3 is 1. The molecule has 0 aliphatic carbocycles. The lowest BCUT2D eigenvalue weighted by atomic mass is 9.84. The molecule has 0 bridgehead atoms. The van der Waals surface area contributed by atoms with Gasteiger partial charge in [0.15, 0.2) is 0 Å². The van der Waals surface area contributed by atoms with Gasteiger partial charge in [-0.3, -0.25) is 4.68 Å². The highest BCUT2D eigenvalue weighted by atomic mass is 79.9. The number of rotatable bonds is 6. The summed E-state index contributed by atoms with van der Waals surface area (Å²) in [7, 11) is 1.66. The van der Waals surface area contributed by atoms with Crippen molar-refractivity contribution in [2.45, 2.75) is 66.2 Å². The highest BCUT2D eigenvalue weighted by molar-refractivity contribution is 9.10. The van der Waals surface area contributed by atoms with Crippen molar-refractivity contribution >= 4 is 15.9 Å². The van der Waals surface area contributed by atoms with E-state index < -0.39 is 6.10 Å². The van der Waals surface area contributed by atoms with Gasteiger partial charge in [0.25, 0.3) is 0 Å². The quantitative estimate of drug-likeness (QED) is 0.860. The van der Waals surface area contributed by atoms with Crippen LogP contribution < -0.4 is 0 Å². The van der Waals surface area contributed by atoms with Gasteiger partial charge in [0.2, 0.25) is 0 Å². The van der Waals surface area contributed by atoms with Crippen molar-refractivity contribution in [2.75, 3.05) is 7.11 Å². The number of ether oxygens (including phenoxy) is 1. The summed E-state index contributed by atoms with van der Waals surface area (Å²) < 4.78 is 8.48. The van der Waals surface area contributed by atoms with Crippen LogP contribution in [0.1, 0.15) is 46.0 Å². The Bertz CT molecular complexity index is 438. The molecule has 2 unspecified atom stereocenters. The summed E-state index contributed by atoms with van der Waals surface area (Å²) in [6, 6.07) is 0. The van der Waals surface area contributed by atoms with Crippen LogP contribution in [-0.2, 0) is 24.1 Å². The van der Waals surface area contributed by atoms with Gasteiger partial charge in [0, 0.05) is 20.1 Å². The van der Waals surface area contributed by atoms with E-state index in [1.165, 1.54) is 0 Å². The molecule has 116 valence electrons. The topological polar surface area (TPSA) is 47.3 Å². The molecule has 1 rings (SSSR count). The zero-order valence-corrected chi connectivity index (χ0v) is 15.0. The fourth-order valence-electron chi connectivity index (χ4n) is 2.61. The first-order valence-electron chi connectivity index (χ1n) is 7.21. The standard InChI is InChI=1S/C15H27BrN2O2/c1-7-10-13(16)11(18(8-2)17-10)9-12(19)14(20-6)15(3,4)5/h12,14,19H,7-9H2,1-6H3. The number of hydrogen-bond acceptors (Lipinski definition) is 3. The van der Waals surface area contributed by atoms with Gasteiger partial charge < -0.3 is 9.84 Å². The maximum atomic E-state index is 10.5. The number of aliphatic hydroxyl groups is 1. The third kappa shape index (κ3) is 3.83. The van der Waals surface area contributed by atoms with E-state index in [1.54, 1.807) is 7.11 Å². The Balaban J connectivity index is 3.00. The number of halogens is 1. The largest absolute Gasteiger partial charge is 0.390 e. The van der Waals surface area contributed by atoms with Crippen LogP contribution in [0.5, 0.6) is 0 Å². The molecule has 1 N–H and O–H groups in total. The van der Waals surface area contributed by atoms with Gasteiger partial charge in [0.05, 0.1) is 28.1 Å². The molecule has 1 aromatic heterocycles. The molecule has 4 nitrogen and oxygen atoms in total. The Labute approximate surface area is 130 Å². The average Bonchev–Trinajstić information content (AvgIpc) is 2.65. The van der Waals surface area contributed by atoms with Gasteiger partial charge in [-0.15, -0.1) is 0 Å². The van der Waals surface area contributed by atoms with Gasteiger partial charge in [-0.05, 0) is 34.7 Å². The van der Waals surface area contributed by atoms with Gasteiger partial charge in [-0.25, -0.2) is 0 Å². The van der Waals surface area contributed by atoms with Crippen LogP contribution in [0, 0.1) is 5.41 Å². The van der Waals surface area contributed by atoms with Crippen molar-refractivity contribution in [1.82, 2.24) is 9.78 Å². The number of nitrogens with zero attached hydrogens (tertiary/aromatic N) is 2. The minimum absolute atomic E-state index is 0.106. The lowest BCUT2D eigenvalue weighted by Crippen LogP contribution is -2.41. The SMILES string of the molecule is CCc1nn(CC)c(CC(O)C(OC)C(C)(C)C)c1Br. The summed E-state index contributed by atoms with van der Waals surface area (Å²) in [6.07, 6.45) is 0.656. The van der Waals surface area contributed by atoms with Crippen molar-refractivity contribution in [2.24, 2.45) is 5.41 Å². The molecule has 0 aliphatic heterocycles. The Kier molecular flexibility index (Phi) is 6.23. The van der Waals surface area contributed by atoms with E-state index in [9.17, 15) is 5.11 Å². The predicted octanol–water partition coefficient (Wildman–Crippen LogP) is 3.19. The fraction of sp³-hybridized carbons (Fsp3) is 0.800. The van der Waals surface area contributed by atoms with Crippen LogP contribution in [-0.4, -0.2) is 34.2 Å². The second-order valence-corrected chi connectivity index (χ2v) is 6.96. The average molecular weight is 347 g/mol. The third-order valence-electron chi connectivity index (χ3n) is 3.55. The number of aliphatic hydroxyl groups excluding tert-OH is 1. The molecular weight excluding hydrogens is 320 g/mol. The molecule has 0 spiro atoms. The Morgan fingerprint density at radius 2 is 1.95 bits per heavy atom. The van der Waals surface area contributed by atoms with Crippen LogP contribution in [0.4, 0.5) is 0 Å². The van der Waals surface area contributed by atoms with E-state index in [4.69, 9.17) is 4.74 Å². The second-order valence-electron chi connectivity index (χ2n) is 6.17. The Morgan fingerprint density at radius 1 is 1.35 bits per heavy atom. The van der Waals surface area contributed by atoms with Crippen LogP contribution in [0.15, 0.2) is 4.47 Å². The molecule has 0 fully saturated rings. The number of hydrogen-bond donors (Lipinski definition) is 1. The second kappa shape index (κ2) is 7.05. The summed E-state index contributed by atoms with van der Waals surface area (Å²) in [5.41, 5.74) is 1.98.